The summed E-state index contributed by atoms with van der Waals surface area (Å²) in [5.74, 6) is 0. The van der Waals surface area contributed by atoms with Crippen molar-refractivity contribution in [2.24, 2.45) is 0 Å². The lowest BCUT2D eigenvalue weighted by molar-refractivity contribution is 0.383. The molecule has 1 aromatic carbocycles. The third-order valence-electron chi connectivity index (χ3n) is 2.16. The predicted molar refractivity (Wildman–Crippen MR) is 59.5 cm³/mol. The highest BCUT2D eigenvalue weighted by Gasteiger charge is 2.20. The van der Waals surface area contributed by atoms with E-state index in [9.17, 15) is 0 Å². The summed E-state index contributed by atoms with van der Waals surface area (Å²) in [6.45, 7) is 1.12. The Morgan fingerprint density at radius 1 is 1.50 bits per heavy atom. The Morgan fingerprint density at radius 3 is 2.83 bits per heavy atom. The molecular formula is C9H9ClIN. The van der Waals surface area contributed by atoms with Crippen molar-refractivity contribution in [3.63, 3.8) is 0 Å². The maximum atomic E-state index is 6.06. The molecule has 0 aliphatic carbocycles. The number of hydrogen-bond acceptors (Lipinski definition) is 1. The fraction of sp³-hybridized carbons (Fsp3) is 0.333. The summed E-state index contributed by atoms with van der Waals surface area (Å²) < 4.78 is 1.25. The minimum atomic E-state index is 0.493. The first-order chi connectivity index (χ1) is 5.77. The summed E-state index contributed by atoms with van der Waals surface area (Å²) in [7, 11) is 0. The van der Waals surface area contributed by atoms with Crippen LogP contribution in [0.1, 0.15) is 18.0 Å². The van der Waals surface area contributed by atoms with Gasteiger partial charge in [0.25, 0.3) is 0 Å². The van der Waals surface area contributed by atoms with E-state index in [2.05, 4.69) is 34.0 Å². The highest BCUT2D eigenvalue weighted by molar-refractivity contribution is 14.1. The van der Waals surface area contributed by atoms with Crippen molar-refractivity contribution in [1.82, 2.24) is 5.32 Å². The fourth-order valence-electron chi connectivity index (χ4n) is 1.34. The van der Waals surface area contributed by atoms with E-state index in [-0.39, 0.29) is 0 Å². The number of nitrogens with one attached hydrogen (secondary N) is 1. The van der Waals surface area contributed by atoms with Crippen LogP contribution >= 0.6 is 34.2 Å². The Morgan fingerprint density at radius 2 is 2.25 bits per heavy atom. The summed E-state index contributed by atoms with van der Waals surface area (Å²) >= 11 is 8.37. The molecule has 0 bridgehead atoms. The quantitative estimate of drug-likeness (QED) is 0.785. The molecule has 0 spiro atoms. The Balaban J connectivity index is 2.34. The maximum absolute atomic E-state index is 6.06. The van der Waals surface area contributed by atoms with Gasteiger partial charge < -0.3 is 5.32 Å². The van der Waals surface area contributed by atoms with Crippen LogP contribution in [0.4, 0.5) is 0 Å². The number of benzene rings is 1. The average molecular weight is 294 g/mol. The van der Waals surface area contributed by atoms with Crippen molar-refractivity contribution in [3.8, 4) is 0 Å². The fourth-order valence-corrected chi connectivity index (χ4v) is 2.10. The molecule has 1 heterocycles. The SMILES string of the molecule is Clc1ccc(I)cc1[C@@H]1CCN1. The third kappa shape index (κ3) is 1.60. The largest absolute Gasteiger partial charge is 0.310 e. The van der Waals surface area contributed by atoms with E-state index in [1.165, 1.54) is 15.6 Å². The van der Waals surface area contributed by atoms with Gasteiger partial charge in [-0.15, -0.1) is 0 Å². The standard InChI is InChI=1S/C9H9ClIN/c10-8-2-1-6(11)5-7(8)9-3-4-12-9/h1-2,5,9,12H,3-4H2/t9-/m0/s1. The molecule has 0 radical (unpaired) electrons. The highest BCUT2D eigenvalue weighted by Crippen LogP contribution is 2.30. The third-order valence-corrected chi connectivity index (χ3v) is 3.17. The first-order valence-corrected chi connectivity index (χ1v) is 5.41. The molecule has 1 N–H and O–H groups in total. The zero-order valence-corrected chi connectivity index (χ0v) is 9.39. The van der Waals surface area contributed by atoms with Crippen LogP contribution in [0.25, 0.3) is 0 Å². The van der Waals surface area contributed by atoms with Crippen LogP contribution in [0.15, 0.2) is 18.2 Å². The summed E-state index contributed by atoms with van der Waals surface area (Å²) in [5, 5.41) is 4.22. The van der Waals surface area contributed by atoms with Gasteiger partial charge in [-0.3, -0.25) is 0 Å². The minimum Gasteiger partial charge on any atom is -0.310 e. The molecule has 0 unspecified atom stereocenters. The molecule has 0 saturated carbocycles. The van der Waals surface area contributed by atoms with Crippen molar-refractivity contribution in [2.75, 3.05) is 6.54 Å². The predicted octanol–water partition coefficient (Wildman–Crippen LogP) is 2.98. The van der Waals surface area contributed by atoms with Crippen LogP contribution in [-0.4, -0.2) is 6.54 Å². The van der Waals surface area contributed by atoms with Crippen LogP contribution in [0.2, 0.25) is 5.02 Å². The van der Waals surface area contributed by atoms with Crippen LogP contribution in [0.5, 0.6) is 0 Å². The summed E-state index contributed by atoms with van der Waals surface area (Å²) in [6.07, 6.45) is 1.21. The minimum absolute atomic E-state index is 0.493. The first kappa shape index (κ1) is 8.78. The van der Waals surface area contributed by atoms with E-state index in [0.29, 0.717) is 6.04 Å². The molecule has 1 fully saturated rings. The molecule has 2 rings (SSSR count). The molecule has 12 heavy (non-hydrogen) atoms. The molecule has 0 aromatic heterocycles. The van der Waals surface area contributed by atoms with E-state index < -0.39 is 0 Å². The molecule has 1 saturated heterocycles. The van der Waals surface area contributed by atoms with Crippen LogP contribution in [0, 0.1) is 3.57 Å². The number of halogens is 2. The summed E-state index contributed by atoms with van der Waals surface area (Å²) in [4.78, 5) is 0. The van der Waals surface area contributed by atoms with Gasteiger partial charge in [0, 0.05) is 14.6 Å². The second-order valence-electron chi connectivity index (χ2n) is 2.96. The van der Waals surface area contributed by atoms with E-state index in [4.69, 9.17) is 11.6 Å². The van der Waals surface area contributed by atoms with Crippen molar-refractivity contribution in [2.45, 2.75) is 12.5 Å². The second-order valence-corrected chi connectivity index (χ2v) is 4.61. The van der Waals surface area contributed by atoms with E-state index in [1.54, 1.807) is 0 Å². The lowest BCUT2D eigenvalue weighted by Crippen LogP contribution is -2.35. The Hall–Kier alpha value is 0.200. The highest BCUT2D eigenvalue weighted by atomic mass is 127. The van der Waals surface area contributed by atoms with Crippen LogP contribution < -0.4 is 5.32 Å². The Kier molecular flexibility index (Phi) is 2.57. The van der Waals surface area contributed by atoms with Gasteiger partial charge >= 0.3 is 0 Å². The van der Waals surface area contributed by atoms with Gasteiger partial charge in [-0.05, 0) is 59.3 Å². The zero-order valence-electron chi connectivity index (χ0n) is 6.48. The normalized spacial score (nSPS) is 22.0. The molecule has 1 atom stereocenters. The molecule has 1 aliphatic rings. The Labute approximate surface area is 90.6 Å². The zero-order chi connectivity index (χ0) is 8.55. The average Bonchev–Trinajstić information content (AvgIpc) is 1.93. The van der Waals surface area contributed by atoms with Gasteiger partial charge in [-0.25, -0.2) is 0 Å². The lowest BCUT2D eigenvalue weighted by Gasteiger charge is -2.28. The van der Waals surface area contributed by atoms with Crippen molar-refractivity contribution < 1.29 is 0 Å². The van der Waals surface area contributed by atoms with Gasteiger partial charge in [0.2, 0.25) is 0 Å². The summed E-state index contributed by atoms with van der Waals surface area (Å²) in [5.41, 5.74) is 1.25. The maximum Gasteiger partial charge on any atom is 0.0454 e. The number of rotatable bonds is 1. The van der Waals surface area contributed by atoms with E-state index in [0.717, 1.165) is 11.6 Å². The smallest absolute Gasteiger partial charge is 0.0454 e. The molecule has 64 valence electrons. The van der Waals surface area contributed by atoms with Gasteiger partial charge in [-0.2, -0.15) is 0 Å². The number of hydrogen-bond donors (Lipinski definition) is 1. The molecule has 1 aliphatic heterocycles. The molecule has 1 nitrogen and oxygen atoms in total. The van der Waals surface area contributed by atoms with Crippen molar-refractivity contribution >= 4 is 34.2 Å². The van der Waals surface area contributed by atoms with E-state index in [1.807, 2.05) is 12.1 Å². The lowest BCUT2D eigenvalue weighted by atomic mass is 9.98. The summed E-state index contributed by atoms with van der Waals surface area (Å²) in [6, 6.07) is 6.65. The van der Waals surface area contributed by atoms with Gasteiger partial charge in [-0.1, -0.05) is 11.6 Å². The Bertz CT molecular complexity index is 297. The van der Waals surface area contributed by atoms with Gasteiger partial charge in [0.05, 0.1) is 0 Å². The van der Waals surface area contributed by atoms with Gasteiger partial charge in [0.15, 0.2) is 0 Å². The van der Waals surface area contributed by atoms with Gasteiger partial charge in [0.1, 0.15) is 0 Å². The van der Waals surface area contributed by atoms with Crippen LogP contribution in [-0.2, 0) is 0 Å². The van der Waals surface area contributed by atoms with E-state index >= 15 is 0 Å². The van der Waals surface area contributed by atoms with Crippen molar-refractivity contribution in [3.05, 3.63) is 32.4 Å². The molecular weight excluding hydrogens is 284 g/mol. The van der Waals surface area contributed by atoms with Crippen molar-refractivity contribution in [1.29, 1.82) is 0 Å². The molecule has 0 amide bonds. The molecule has 3 heteroatoms. The monoisotopic (exact) mass is 293 g/mol. The topological polar surface area (TPSA) is 12.0 Å². The second kappa shape index (κ2) is 3.52. The van der Waals surface area contributed by atoms with Crippen LogP contribution in [0.3, 0.4) is 0 Å². The molecule has 1 aromatic rings. The first-order valence-electron chi connectivity index (χ1n) is 3.96.